The van der Waals surface area contributed by atoms with Gasteiger partial charge in [-0.25, -0.2) is 0 Å². The second kappa shape index (κ2) is 12.8. The monoisotopic (exact) mass is 305 g/mol. The van der Waals surface area contributed by atoms with E-state index < -0.39 is 5.92 Å². The Labute approximate surface area is 133 Å². The molecule has 1 unspecified atom stereocenters. The molecule has 1 aromatic rings. The molecule has 4 heteroatoms. The van der Waals surface area contributed by atoms with Gasteiger partial charge < -0.3 is 10.1 Å². The van der Waals surface area contributed by atoms with Crippen molar-refractivity contribution in [1.82, 2.24) is 5.32 Å². The number of rotatable bonds is 8. The van der Waals surface area contributed by atoms with Crippen molar-refractivity contribution in [3.63, 3.8) is 0 Å². The first-order chi connectivity index (χ1) is 10.7. The van der Waals surface area contributed by atoms with Gasteiger partial charge in [-0.1, -0.05) is 51.1 Å². The van der Waals surface area contributed by atoms with Gasteiger partial charge >= 0.3 is 5.97 Å². The summed E-state index contributed by atoms with van der Waals surface area (Å²) in [6, 6.07) is 9.36. The van der Waals surface area contributed by atoms with Crippen molar-refractivity contribution in [3.05, 3.63) is 47.5 Å². The van der Waals surface area contributed by atoms with Gasteiger partial charge in [0.2, 0.25) is 0 Å². The molecule has 0 bridgehead atoms. The first kappa shape index (κ1) is 20.1. The number of allylic oxidation sites excluding steroid dienone is 1. The predicted molar refractivity (Wildman–Crippen MR) is 89.9 cm³/mol. The van der Waals surface area contributed by atoms with Crippen molar-refractivity contribution >= 4 is 12.3 Å². The van der Waals surface area contributed by atoms with E-state index in [-0.39, 0.29) is 5.97 Å². The fourth-order valence-corrected chi connectivity index (χ4v) is 1.99. The van der Waals surface area contributed by atoms with E-state index in [1.54, 1.807) is 6.92 Å². The molecule has 1 atom stereocenters. The number of carbonyl (C=O) groups excluding carboxylic acids is 2. The molecule has 0 heterocycles. The van der Waals surface area contributed by atoms with Crippen LogP contribution in [0.5, 0.6) is 0 Å². The number of likely N-dealkylation sites (N-methyl/N-ethyl adjacent to an activating group) is 1. The average molecular weight is 305 g/mol. The Bertz CT molecular complexity index is 455. The van der Waals surface area contributed by atoms with Crippen LogP contribution < -0.4 is 5.32 Å². The lowest BCUT2D eigenvalue weighted by molar-refractivity contribution is -0.144. The van der Waals surface area contributed by atoms with E-state index in [1.807, 2.05) is 51.1 Å². The molecule has 0 radical (unpaired) electrons. The third kappa shape index (κ3) is 6.68. The number of benzene rings is 1. The summed E-state index contributed by atoms with van der Waals surface area (Å²) in [6.07, 6.45) is 2.15. The normalized spacial score (nSPS) is 11.9. The minimum Gasteiger partial charge on any atom is -0.465 e. The molecule has 0 aliphatic heterocycles. The maximum atomic E-state index is 12.2. The molecular formula is C18H27NO3. The quantitative estimate of drug-likeness (QED) is 0.455. The molecule has 0 spiro atoms. The second-order valence-corrected chi connectivity index (χ2v) is 4.25. The minimum atomic E-state index is -0.541. The second-order valence-electron chi connectivity index (χ2n) is 4.25. The fourth-order valence-electron chi connectivity index (χ4n) is 1.99. The summed E-state index contributed by atoms with van der Waals surface area (Å²) in [5.74, 6) is -0.870. The summed E-state index contributed by atoms with van der Waals surface area (Å²) in [4.78, 5) is 23.1. The molecular weight excluding hydrogens is 278 g/mol. The van der Waals surface area contributed by atoms with Crippen LogP contribution in [-0.2, 0) is 14.3 Å². The summed E-state index contributed by atoms with van der Waals surface area (Å²) in [5.41, 5.74) is 1.54. The predicted octanol–water partition coefficient (Wildman–Crippen LogP) is 3.09. The van der Waals surface area contributed by atoms with Gasteiger partial charge in [-0.15, -0.1) is 0 Å². The maximum Gasteiger partial charge on any atom is 0.317 e. The number of carbonyl (C=O) groups is 2. The molecule has 0 fully saturated rings. The van der Waals surface area contributed by atoms with Crippen molar-refractivity contribution in [2.45, 2.75) is 33.6 Å². The Balaban J connectivity index is 0.00000211. The van der Waals surface area contributed by atoms with Crippen LogP contribution >= 0.6 is 0 Å². The third-order valence-electron chi connectivity index (χ3n) is 2.89. The number of aldehydes is 1. The van der Waals surface area contributed by atoms with E-state index in [0.29, 0.717) is 25.0 Å². The van der Waals surface area contributed by atoms with Crippen LogP contribution in [0.15, 0.2) is 42.0 Å². The first-order valence-electron chi connectivity index (χ1n) is 7.81. The van der Waals surface area contributed by atoms with Crippen LogP contribution in [0.2, 0.25) is 0 Å². The van der Waals surface area contributed by atoms with Gasteiger partial charge in [-0.05, 0) is 30.7 Å². The lowest BCUT2D eigenvalue weighted by atomic mass is 9.90. The molecule has 1 N–H and O–H groups in total. The highest BCUT2D eigenvalue weighted by Crippen LogP contribution is 2.25. The standard InChI is InChI=1S/C16H21NO3.C2H6/c1-3-17-12-14(10-11-18)15(16(19)20-4-2)13-8-6-5-7-9-13;1-2/h5-11,15,17H,3-4,12H2,1-2H3;1-2H3/b14-10+;. The van der Waals surface area contributed by atoms with Gasteiger partial charge in [0.25, 0.3) is 0 Å². The van der Waals surface area contributed by atoms with Crippen molar-refractivity contribution < 1.29 is 14.3 Å². The number of nitrogens with one attached hydrogen (secondary N) is 1. The summed E-state index contributed by atoms with van der Waals surface area (Å²) >= 11 is 0. The zero-order valence-electron chi connectivity index (χ0n) is 14.0. The van der Waals surface area contributed by atoms with Crippen LogP contribution in [0.25, 0.3) is 0 Å². The average Bonchev–Trinajstić information content (AvgIpc) is 2.56. The molecule has 22 heavy (non-hydrogen) atoms. The Morgan fingerprint density at radius 1 is 1.23 bits per heavy atom. The summed E-state index contributed by atoms with van der Waals surface area (Å²) in [6.45, 7) is 9.31. The smallest absolute Gasteiger partial charge is 0.317 e. The molecule has 0 aromatic heterocycles. The largest absolute Gasteiger partial charge is 0.465 e. The zero-order chi connectivity index (χ0) is 16.8. The van der Waals surface area contributed by atoms with E-state index in [1.165, 1.54) is 6.08 Å². The minimum absolute atomic E-state index is 0.317. The highest BCUT2D eigenvalue weighted by atomic mass is 16.5. The Kier molecular flexibility index (Phi) is 11.6. The lowest BCUT2D eigenvalue weighted by Gasteiger charge is -2.19. The van der Waals surface area contributed by atoms with Gasteiger partial charge in [0.15, 0.2) is 0 Å². The van der Waals surface area contributed by atoms with Gasteiger partial charge in [0.05, 0.1) is 6.61 Å². The van der Waals surface area contributed by atoms with Crippen LogP contribution in [-0.4, -0.2) is 32.0 Å². The van der Waals surface area contributed by atoms with Crippen molar-refractivity contribution in [2.75, 3.05) is 19.7 Å². The van der Waals surface area contributed by atoms with Gasteiger partial charge in [-0.3, -0.25) is 9.59 Å². The molecule has 0 amide bonds. The molecule has 0 saturated carbocycles. The van der Waals surface area contributed by atoms with Gasteiger partial charge in [0, 0.05) is 6.54 Å². The van der Waals surface area contributed by atoms with Gasteiger partial charge in [-0.2, -0.15) is 0 Å². The van der Waals surface area contributed by atoms with E-state index in [9.17, 15) is 9.59 Å². The molecule has 0 aliphatic rings. The fraction of sp³-hybridized carbons (Fsp3) is 0.444. The van der Waals surface area contributed by atoms with E-state index in [2.05, 4.69) is 5.32 Å². The SMILES string of the molecule is CC.CCNC/C(=C\C=O)C(C(=O)OCC)c1ccccc1. The van der Waals surface area contributed by atoms with Gasteiger partial charge in [0.1, 0.15) is 12.2 Å². The highest BCUT2D eigenvalue weighted by Gasteiger charge is 2.25. The molecule has 122 valence electrons. The number of hydrogen-bond donors (Lipinski definition) is 1. The zero-order valence-corrected chi connectivity index (χ0v) is 14.0. The Hall–Kier alpha value is -1.94. The van der Waals surface area contributed by atoms with Crippen molar-refractivity contribution in [3.8, 4) is 0 Å². The Morgan fingerprint density at radius 3 is 2.36 bits per heavy atom. The molecule has 1 rings (SSSR count). The molecule has 4 nitrogen and oxygen atoms in total. The topological polar surface area (TPSA) is 55.4 Å². The van der Waals surface area contributed by atoms with E-state index in [4.69, 9.17) is 4.74 Å². The number of ether oxygens (including phenoxy) is 1. The lowest BCUT2D eigenvalue weighted by Crippen LogP contribution is -2.25. The summed E-state index contributed by atoms with van der Waals surface area (Å²) in [5, 5.41) is 3.15. The molecule has 1 aromatic carbocycles. The highest BCUT2D eigenvalue weighted by molar-refractivity contribution is 5.84. The van der Waals surface area contributed by atoms with E-state index >= 15 is 0 Å². The summed E-state index contributed by atoms with van der Waals surface area (Å²) < 4.78 is 5.14. The number of hydrogen-bond acceptors (Lipinski definition) is 4. The van der Waals surface area contributed by atoms with Crippen LogP contribution in [0.1, 0.15) is 39.2 Å². The molecule has 0 aliphatic carbocycles. The van der Waals surface area contributed by atoms with E-state index in [0.717, 1.165) is 12.1 Å². The Morgan fingerprint density at radius 2 is 1.86 bits per heavy atom. The maximum absolute atomic E-state index is 12.2. The molecule has 0 saturated heterocycles. The van der Waals surface area contributed by atoms with Crippen LogP contribution in [0.3, 0.4) is 0 Å². The van der Waals surface area contributed by atoms with Crippen LogP contribution in [0.4, 0.5) is 0 Å². The van der Waals surface area contributed by atoms with Crippen molar-refractivity contribution in [2.24, 2.45) is 0 Å². The third-order valence-corrected chi connectivity index (χ3v) is 2.89. The summed E-state index contributed by atoms with van der Waals surface area (Å²) in [7, 11) is 0. The number of esters is 1. The van der Waals surface area contributed by atoms with Crippen LogP contribution in [0, 0.1) is 0 Å². The first-order valence-corrected chi connectivity index (χ1v) is 7.81. The van der Waals surface area contributed by atoms with Crippen molar-refractivity contribution in [1.29, 1.82) is 0 Å².